The van der Waals surface area contributed by atoms with Crippen molar-refractivity contribution in [2.24, 2.45) is 5.10 Å². The van der Waals surface area contributed by atoms with E-state index in [1.165, 1.54) is 12.1 Å². The van der Waals surface area contributed by atoms with E-state index in [-0.39, 0.29) is 23.7 Å². The van der Waals surface area contributed by atoms with Gasteiger partial charge in [-0.05, 0) is 18.2 Å². The molecule has 0 bridgehead atoms. The molecule has 2 rings (SSSR count). The quantitative estimate of drug-likeness (QED) is 0.407. The summed E-state index contributed by atoms with van der Waals surface area (Å²) < 4.78 is 54.1. The Kier molecular flexibility index (Phi) is 6.75. The maximum absolute atomic E-state index is 13.6. The number of halogens is 2. The number of nitrogens with zero attached hydrogens (tertiary/aromatic N) is 3. The van der Waals surface area contributed by atoms with Gasteiger partial charge in [-0.3, -0.25) is 15.5 Å². The molecule has 0 heterocycles. The van der Waals surface area contributed by atoms with E-state index < -0.39 is 37.8 Å². The van der Waals surface area contributed by atoms with Crippen molar-refractivity contribution in [2.45, 2.75) is 18.7 Å². The van der Waals surface area contributed by atoms with Crippen molar-refractivity contribution in [3.8, 4) is 0 Å². The van der Waals surface area contributed by atoms with Gasteiger partial charge in [0, 0.05) is 25.2 Å². The number of nitro groups is 1. The second kappa shape index (κ2) is 8.85. The number of non-ortho nitro benzene ring substituents is 1. The topological polar surface area (TPSA) is 105 Å². The Hall–Kier alpha value is -2.92. The zero-order valence-electron chi connectivity index (χ0n) is 15.1. The molecular weight excluding hydrogens is 394 g/mol. The summed E-state index contributed by atoms with van der Waals surface area (Å²) in [5.41, 5.74) is 1.51. The second-order valence-electron chi connectivity index (χ2n) is 5.53. The highest BCUT2D eigenvalue weighted by atomic mass is 32.2. The van der Waals surface area contributed by atoms with Crippen LogP contribution in [-0.4, -0.2) is 37.0 Å². The minimum absolute atomic E-state index is 0.0644. The van der Waals surface area contributed by atoms with Crippen LogP contribution < -0.4 is 5.43 Å². The van der Waals surface area contributed by atoms with Crippen LogP contribution in [0.2, 0.25) is 0 Å². The Bertz CT molecular complexity index is 988. The molecule has 0 aliphatic rings. The molecule has 150 valence electrons. The van der Waals surface area contributed by atoms with E-state index in [9.17, 15) is 27.3 Å². The van der Waals surface area contributed by atoms with Crippen LogP contribution in [0.5, 0.6) is 0 Å². The molecule has 2 aromatic carbocycles. The lowest BCUT2D eigenvalue weighted by Gasteiger charge is -2.20. The van der Waals surface area contributed by atoms with Crippen molar-refractivity contribution >= 4 is 27.6 Å². The SMILES string of the molecule is CCN(CC)S(=O)(=O)c1cc([N+](=O)[O-])ccc1N/N=C/c1c(F)cccc1F. The van der Waals surface area contributed by atoms with E-state index in [0.29, 0.717) is 0 Å². The van der Waals surface area contributed by atoms with Crippen LogP contribution in [0.3, 0.4) is 0 Å². The molecule has 0 radical (unpaired) electrons. The van der Waals surface area contributed by atoms with Crippen LogP contribution in [0.4, 0.5) is 20.2 Å². The number of hydrazone groups is 1. The average Bonchev–Trinajstić information content (AvgIpc) is 2.64. The largest absolute Gasteiger partial charge is 0.277 e. The third-order valence-corrected chi connectivity index (χ3v) is 5.97. The summed E-state index contributed by atoms with van der Waals surface area (Å²) in [6, 6.07) is 6.47. The molecule has 0 fully saturated rings. The summed E-state index contributed by atoms with van der Waals surface area (Å²) in [6.45, 7) is 3.57. The minimum Gasteiger partial charge on any atom is -0.277 e. The van der Waals surface area contributed by atoms with Crippen molar-refractivity contribution in [3.63, 3.8) is 0 Å². The fraction of sp³-hybridized carbons (Fsp3) is 0.235. The third-order valence-electron chi connectivity index (χ3n) is 3.88. The van der Waals surface area contributed by atoms with Crippen LogP contribution in [0.1, 0.15) is 19.4 Å². The van der Waals surface area contributed by atoms with Crippen molar-refractivity contribution < 1.29 is 22.1 Å². The molecule has 0 aliphatic carbocycles. The molecule has 0 unspecified atom stereocenters. The molecule has 0 aromatic heterocycles. The summed E-state index contributed by atoms with van der Waals surface area (Å²) >= 11 is 0. The molecule has 0 aliphatic heterocycles. The lowest BCUT2D eigenvalue weighted by molar-refractivity contribution is -0.385. The monoisotopic (exact) mass is 412 g/mol. The maximum atomic E-state index is 13.6. The Morgan fingerprint density at radius 1 is 1.18 bits per heavy atom. The van der Waals surface area contributed by atoms with Crippen molar-refractivity contribution in [2.75, 3.05) is 18.5 Å². The lowest BCUT2D eigenvalue weighted by Crippen LogP contribution is -2.31. The Morgan fingerprint density at radius 3 is 2.32 bits per heavy atom. The fourth-order valence-electron chi connectivity index (χ4n) is 2.43. The fourth-order valence-corrected chi connectivity index (χ4v) is 4.05. The molecule has 28 heavy (non-hydrogen) atoms. The lowest BCUT2D eigenvalue weighted by atomic mass is 10.2. The molecule has 0 amide bonds. The highest BCUT2D eigenvalue weighted by Crippen LogP contribution is 2.29. The first-order chi connectivity index (χ1) is 13.2. The highest BCUT2D eigenvalue weighted by molar-refractivity contribution is 7.89. The molecular formula is C17H18F2N4O4S. The number of nitrogens with one attached hydrogen (secondary N) is 1. The average molecular weight is 412 g/mol. The van der Waals surface area contributed by atoms with E-state index in [4.69, 9.17) is 0 Å². The Balaban J connectivity index is 2.47. The van der Waals surface area contributed by atoms with Gasteiger partial charge < -0.3 is 0 Å². The van der Waals surface area contributed by atoms with Crippen LogP contribution in [0.15, 0.2) is 46.4 Å². The van der Waals surface area contributed by atoms with Crippen LogP contribution in [0.25, 0.3) is 0 Å². The molecule has 8 nitrogen and oxygen atoms in total. The summed E-state index contributed by atoms with van der Waals surface area (Å²) in [6.07, 6.45) is 0.861. The van der Waals surface area contributed by atoms with Gasteiger partial charge in [-0.2, -0.15) is 9.41 Å². The van der Waals surface area contributed by atoms with Crippen molar-refractivity contribution in [1.82, 2.24) is 4.31 Å². The van der Waals surface area contributed by atoms with Gasteiger partial charge in [0.1, 0.15) is 16.5 Å². The van der Waals surface area contributed by atoms with E-state index in [2.05, 4.69) is 10.5 Å². The molecule has 0 spiro atoms. The first-order valence-corrected chi connectivity index (χ1v) is 9.68. The zero-order valence-corrected chi connectivity index (χ0v) is 15.9. The molecule has 2 aromatic rings. The normalized spacial score (nSPS) is 11.9. The van der Waals surface area contributed by atoms with Gasteiger partial charge in [-0.15, -0.1) is 0 Å². The summed E-state index contributed by atoms with van der Waals surface area (Å²) in [7, 11) is -4.05. The van der Waals surface area contributed by atoms with Crippen molar-refractivity contribution in [3.05, 3.63) is 63.7 Å². The zero-order chi connectivity index (χ0) is 20.9. The Morgan fingerprint density at radius 2 is 1.79 bits per heavy atom. The second-order valence-corrected chi connectivity index (χ2v) is 7.44. The molecule has 0 saturated heterocycles. The van der Waals surface area contributed by atoms with Crippen molar-refractivity contribution in [1.29, 1.82) is 0 Å². The number of sulfonamides is 1. The van der Waals surface area contributed by atoms with E-state index in [0.717, 1.165) is 34.8 Å². The highest BCUT2D eigenvalue weighted by Gasteiger charge is 2.27. The van der Waals surface area contributed by atoms with Crippen LogP contribution >= 0.6 is 0 Å². The van der Waals surface area contributed by atoms with E-state index >= 15 is 0 Å². The predicted octanol–water partition coefficient (Wildman–Crippen LogP) is 3.35. The number of rotatable bonds is 8. The predicted molar refractivity (Wildman–Crippen MR) is 101 cm³/mol. The number of hydrogen-bond acceptors (Lipinski definition) is 6. The first-order valence-electron chi connectivity index (χ1n) is 8.24. The van der Waals surface area contributed by atoms with Crippen LogP contribution in [0, 0.1) is 21.7 Å². The van der Waals surface area contributed by atoms with Gasteiger partial charge >= 0.3 is 0 Å². The number of benzene rings is 2. The number of anilines is 1. The van der Waals surface area contributed by atoms with Gasteiger partial charge in [0.25, 0.3) is 5.69 Å². The number of hydrogen-bond donors (Lipinski definition) is 1. The maximum Gasteiger partial charge on any atom is 0.270 e. The summed E-state index contributed by atoms with van der Waals surface area (Å²) in [5, 5.41) is 14.7. The third kappa shape index (κ3) is 4.49. The van der Waals surface area contributed by atoms with E-state index in [1.807, 2.05) is 0 Å². The summed E-state index contributed by atoms with van der Waals surface area (Å²) in [5.74, 6) is -1.68. The number of nitro benzene ring substituents is 1. The molecule has 0 saturated carbocycles. The first kappa shape index (κ1) is 21.4. The van der Waals surface area contributed by atoms with Gasteiger partial charge in [0.15, 0.2) is 0 Å². The van der Waals surface area contributed by atoms with Gasteiger partial charge in [-0.1, -0.05) is 19.9 Å². The standard InChI is InChI=1S/C17H18F2N4O4S/c1-3-22(4-2)28(26,27)17-10-12(23(24)25)8-9-16(17)21-20-11-13-14(18)6-5-7-15(13)19/h5-11,21H,3-4H2,1-2H3/b20-11+. The smallest absolute Gasteiger partial charge is 0.270 e. The molecule has 0 atom stereocenters. The minimum atomic E-state index is -4.05. The molecule has 11 heteroatoms. The Labute approximate surface area is 160 Å². The van der Waals surface area contributed by atoms with Crippen LogP contribution in [-0.2, 0) is 10.0 Å². The van der Waals surface area contributed by atoms with E-state index in [1.54, 1.807) is 13.8 Å². The molecule has 1 N–H and O–H groups in total. The summed E-state index contributed by atoms with van der Waals surface area (Å²) in [4.78, 5) is 9.95. The van der Waals surface area contributed by atoms with Gasteiger partial charge in [0.05, 0.1) is 22.4 Å². The van der Waals surface area contributed by atoms with Gasteiger partial charge in [0.2, 0.25) is 10.0 Å². The van der Waals surface area contributed by atoms with Gasteiger partial charge in [-0.25, -0.2) is 17.2 Å².